The number of nitrogens with one attached hydrogen (secondary N) is 1. The Morgan fingerprint density at radius 2 is 1.93 bits per heavy atom. The Hall–Kier alpha value is -3.28. The Kier molecular flexibility index (Phi) is 7.43. The Bertz CT molecular complexity index is 801. The first-order valence-electron chi connectivity index (χ1n) is 8.59. The number of benzene rings is 2. The summed E-state index contributed by atoms with van der Waals surface area (Å²) in [4.78, 5) is 24.4. The molecule has 1 unspecified atom stereocenters. The summed E-state index contributed by atoms with van der Waals surface area (Å²) in [7, 11) is 1.45. The highest BCUT2D eigenvalue weighted by Crippen LogP contribution is 2.26. The third-order valence-corrected chi connectivity index (χ3v) is 3.80. The number of phenols is 1. The Morgan fingerprint density at radius 3 is 2.59 bits per heavy atom. The summed E-state index contributed by atoms with van der Waals surface area (Å²) < 4.78 is 10.1. The van der Waals surface area contributed by atoms with Gasteiger partial charge in [-0.3, -0.25) is 4.79 Å². The number of amides is 1. The van der Waals surface area contributed by atoms with Crippen molar-refractivity contribution in [2.24, 2.45) is 0 Å². The number of hydrogen-bond donors (Lipinski definition) is 2. The van der Waals surface area contributed by atoms with Crippen molar-refractivity contribution in [1.82, 2.24) is 5.32 Å². The molecule has 1 amide bonds. The molecule has 2 N–H and O–H groups in total. The summed E-state index contributed by atoms with van der Waals surface area (Å²) in [5.41, 5.74) is 1.60. The minimum Gasteiger partial charge on any atom is -0.504 e. The fraction of sp³-hybridized carbons (Fsp3) is 0.238. The van der Waals surface area contributed by atoms with Crippen molar-refractivity contribution < 1.29 is 24.2 Å². The molecule has 0 fully saturated rings. The summed E-state index contributed by atoms with van der Waals surface area (Å²) in [6, 6.07) is 13.4. The molecule has 142 valence electrons. The Balaban J connectivity index is 2.07. The van der Waals surface area contributed by atoms with Gasteiger partial charge in [0.15, 0.2) is 11.5 Å². The van der Waals surface area contributed by atoms with E-state index in [4.69, 9.17) is 9.47 Å². The molecule has 0 heterocycles. The molecule has 0 saturated heterocycles. The largest absolute Gasteiger partial charge is 0.504 e. The second kappa shape index (κ2) is 10.0. The number of phenolic OH excluding ortho intramolecular Hbond substituents is 1. The third kappa shape index (κ3) is 6.18. The van der Waals surface area contributed by atoms with Gasteiger partial charge in [0.05, 0.1) is 13.7 Å². The van der Waals surface area contributed by atoms with Gasteiger partial charge in [0.2, 0.25) is 5.91 Å². The lowest BCUT2D eigenvalue weighted by Gasteiger charge is -2.16. The predicted molar refractivity (Wildman–Crippen MR) is 102 cm³/mol. The maximum Gasteiger partial charge on any atom is 0.328 e. The van der Waals surface area contributed by atoms with Gasteiger partial charge in [-0.15, -0.1) is 0 Å². The quantitative estimate of drug-likeness (QED) is 0.552. The predicted octanol–water partition coefficient (Wildman–Crippen LogP) is 2.70. The van der Waals surface area contributed by atoms with Gasteiger partial charge < -0.3 is 19.9 Å². The summed E-state index contributed by atoms with van der Waals surface area (Å²) >= 11 is 0. The smallest absolute Gasteiger partial charge is 0.328 e. The highest BCUT2D eigenvalue weighted by molar-refractivity contribution is 5.94. The highest BCUT2D eigenvalue weighted by Gasteiger charge is 2.21. The van der Waals surface area contributed by atoms with Crippen molar-refractivity contribution >= 4 is 18.0 Å². The molecule has 2 rings (SSSR count). The normalized spacial score (nSPS) is 11.8. The minimum atomic E-state index is -0.779. The van der Waals surface area contributed by atoms with Gasteiger partial charge >= 0.3 is 5.97 Å². The molecule has 0 aliphatic carbocycles. The molecule has 2 aromatic carbocycles. The standard InChI is InChI=1S/C21H23NO5/c1-3-27-21(25)17(13-15-7-5-4-6-8-15)22-20(24)12-10-16-9-11-18(23)19(14-16)26-2/h4-12,14,17,23H,3,13H2,1-2H3,(H,22,24)/b12-10+. The van der Waals surface area contributed by atoms with Crippen molar-refractivity contribution in [3.05, 3.63) is 65.7 Å². The van der Waals surface area contributed by atoms with Gasteiger partial charge in [-0.05, 0) is 36.3 Å². The monoisotopic (exact) mass is 369 g/mol. The van der Waals surface area contributed by atoms with E-state index < -0.39 is 17.9 Å². The van der Waals surface area contributed by atoms with Gasteiger partial charge in [0, 0.05) is 12.5 Å². The van der Waals surface area contributed by atoms with Gasteiger partial charge in [-0.1, -0.05) is 36.4 Å². The summed E-state index contributed by atoms with van der Waals surface area (Å²) in [5.74, 6) is -0.569. The van der Waals surface area contributed by atoms with Crippen LogP contribution in [0.5, 0.6) is 11.5 Å². The molecule has 0 aromatic heterocycles. The lowest BCUT2D eigenvalue weighted by molar-refractivity contribution is -0.146. The topological polar surface area (TPSA) is 84.9 Å². The van der Waals surface area contributed by atoms with E-state index in [1.165, 1.54) is 19.3 Å². The van der Waals surface area contributed by atoms with Crippen LogP contribution < -0.4 is 10.1 Å². The van der Waals surface area contributed by atoms with Crippen LogP contribution in [0.25, 0.3) is 6.08 Å². The molecule has 0 saturated carbocycles. The molecule has 27 heavy (non-hydrogen) atoms. The first-order valence-corrected chi connectivity index (χ1v) is 8.59. The van der Waals surface area contributed by atoms with E-state index in [9.17, 15) is 14.7 Å². The van der Waals surface area contributed by atoms with Crippen LogP contribution in [0, 0.1) is 0 Å². The number of esters is 1. The van der Waals surface area contributed by atoms with E-state index >= 15 is 0 Å². The summed E-state index contributed by atoms with van der Waals surface area (Å²) in [6.07, 6.45) is 3.23. The average Bonchev–Trinajstić information content (AvgIpc) is 2.68. The molecule has 2 aromatic rings. The van der Waals surface area contributed by atoms with E-state index in [0.717, 1.165) is 5.56 Å². The molecule has 0 aliphatic rings. The molecule has 0 radical (unpaired) electrons. The minimum absolute atomic E-state index is 0.0179. The first-order chi connectivity index (χ1) is 13.0. The number of rotatable bonds is 8. The van der Waals surface area contributed by atoms with Crippen LogP contribution in [-0.2, 0) is 20.7 Å². The van der Waals surface area contributed by atoms with Gasteiger partial charge in [0.25, 0.3) is 0 Å². The second-order valence-corrected chi connectivity index (χ2v) is 5.77. The van der Waals surface area contributed by atoms with Crippen LogP contribution in [0.3, 0.4) is 0 Å². The van der Waals surface area contributed by atoms with Crippen LogP contribution >= 0.6 is 0 Å². The fourth-order valence-corrected chi connectivity index (χ4v) is 2.48. The summed E-state index contributed by atoms with van der Waals surface area (Å²) in [5, 5.41) is 12.3. The van der Waals surface area contributed by atoms with Crippen LogP contribution in [-0.4, -0.2) is 36.7 Å². The van der Waals surface area contributed by atoms with E-state index in [-0.39, 0.29) is 12.4 Å². The maximum atomic E-state index is 12.3. The van der Waals surface area contributed by atoms with Crippen molar-refractivity contribution in [2.75, 3.05) is 13.7 Å². The molecule has 6 nitrogen and oxygen atoms in total. The zero-order chi connectivity index (χ0) is 19.6. The van der Waals surface area contributed by atoms with Crippen LogP contribution in [0.4, 0.5) is 0 Å². The lowest BCUT2D eigenvalue weighted by atomic mass is 10.1. The zero-order valence-electron chi connectivity index (χ0n) is 15.3. The summed E-state index contributed by atoms with van der Waals surface area (Å²) in [6.45, 7) is 1.96. The number of carbonyl (C=O) groups is 2. The van der Waals surface area contributed by atoms with Crippen LogP contribution in [0.15, 0.2) is 54.6 Å². The van der Waals surface area contributed by atoms with E-state index in [1.807, 2.05) is 30.3 Å². The Labute approximate surface area is 158 Å². The number of hydrogen-bond acceptors (Lipinski definition) is 5. The number of carbonyl (C=O) groups excluding carboxylic acids is 2. The fourth-order valence-electron chi connectivity index (χ4n) is 2.48. The van der Waals surface area contributed by atoms with E-state index in [2.05, 4.69) is 5.32 Å². The molecule has 0 aliphatic heterocycles. The Morgan fingerprint density at radius 1 is 1.19 bits per heavy atom. The maximum absolute atomic E-state index is 12.3. The van der Waals surface area contributed by atoms with Crippen LogP contribution in [0.1, 0.15) is 18.1 Å². The molecule has 6 heteroatoms. The van der Waals surface area contributed by atoms with E-state index in [1.54, 1.807) is 25.1 Å². The molecule has 0 bridgehead atoms. The zero-order valence-corrected chi connectivity index (χ0v) is 15.3. The van der Waals surface area contributed by atoms with Gasteiger partial charge in [0.1, 0.15) is 6.04 Å². The third-order valence-electron chi connectivity index (χ3n) is 3.80. The van der Waals surface area contributed by atoms with E-state index in [0.29, 0.717) is 17.7 Å². The van der Waals surface area contributed by atoms with Crippen molar-refractivity contribution in [2.45, 2.75) is 19.4 Å². The molecule has 0 spiro atoms. The molecule has 1 atom stereocenters. The van der Waals surface area contributed by atoms with Crippen LogP contribution in [0.2, 0.25) is 0 Å². The molecular formula is C21H23NO5. The number of aromatic hydroxyl groups is 1. The molecular weight excluding hydrogens is 346 g/mol. The number of methoxy groups -OCH3 is 1. The second-order valence-electron chi connectivity index (χ2n) is 5.77. The van der Waals surface area contributed by atoms with Gasteiger partial charge in [-0.2, -0.15) is 0 Å². The lowest BCUT2D eigenvalue weighted by Crippen LogP contribution is -2.42. The number of ether oxygens (including phenoxy) is 2. The SMILES string of the molecule is CCOC(=O)C(Cc1ccccc1)NC(=O)/C=C/c1ccc(O)c(OC)c1. The van der Waals surface area contributed by atoms with Crippen molar-refractivity contribution in [3.8, 4) is 11.5 Å². The van der Waals surface area contributed by atoms with Gasteiger partial charge in [-0.25, -0.2) is 4.79 Å². The van der Waals surface area contributed by atoms with Crippen molar-refractivity contribution in [3.63, 3.8) is 0 Å². The average molecular weight is 369 g/mol. The highest BCUT2D eigenvalue weighted by atomic mass is 16.5. The first kappa shape index (κ1) is 20.0. The van der Waals surface area contributed by atoms with Crippen molar-refractivity contribution in [1.29, 1.82) is 0 Å².